The zero-order chi connectivity index (χ0) is 19.7. The third-order valence-electron chi connectivity index (χ3n) is 5.37. The van der Waals surface area contributed by atoms with Crippen molar-refractivity contribution < 1.29 is 9.59 Å². The summed E-state index contributed by atoms with van der Waals surface area (Å²) in [6.07, 6.45) is 3.28. The molecule has 0 aliphatic carbocycles. The number of benzene rings is 1. The highest BCUT2D eigenvalue weighted by Crippen LogP contribution is 2.32. The van der Waals surface area contributed by atoms with Gasteiger partial charge >= 0.3 is 0 Å². The topological polar surface area (TPSA) is 62.3 Å². The molecule has 1 aliphatic rings. The van der Waals surface area contributed by atoms with Gasteiger partial charge in [-0.3, -0.25) is 9.59 Å². The summed E-state index contributed by atoms with van der Waals surface area (Å²) in [6, 6.07) is 11.9. The van der Waals surface area contributed by atoms with E-state index in [1.165, 1.54) is 11.3 Å². The van der Waals surface area contributed by atoms with Gasteiger partial charge in [0.15, 0.2) is 0 Å². The van der Waals surface area contributed by atoms with Crippen molar-refractivity contribution in [3.63, 3.8) is 0 Å². The average molecular weight is 394 g/mol. The van der Waals surface area contributed by atoms with E-state index in [9.17, 15) is 9.59 Å². The van der Waals surface area contributed by atoms with E-state index in [0.717, 1.165) is 38.9 Å². The van der Waals surface area contributed by atoms with Crippen molar-refractivity contribution in [2.45, 2.75) is 26.7 Å². The number of aryl methyl sites for hydroxylation is 2. The van der Waals surface area contributed by atoms with Crippen LogP contribution in [0.5, 0.6) is 0 Å². The maximum absolute atomic E-state index is 13.2. The van der Waals surface area contributed by atoms with Crippen molar-refractivity contribution in [2.24, 2.45) is 5.92 Å². The Labute approximate surface area is 168 Å². The molecule has 0 saturated carbocycles. The molecule has 2 amide bonds. The van der Waals surface area contributed by atoms with Gasteiger partial charge in [-0.25, -0.2) is 4.98 Å². The van der Waals surface area contributed by atoms with Gasteiger partial charge in [0, 0.05) is 24.0 Å². The number of thiophene rings is 1. The van der Waals surface area contributed by atoms with Crippen LogP contribution >= 0.6 is 11.3 Å². The summed E-state index contributed by atoms with van der Waals surface area (Å²) in [6.45, 7) is 5.07. The van der Waals surface area contributed by atoms with Crippen LogP contribution in [0.2, 0.25) is 0 Å². The molecule has 5 nitrogen and oxygen atoms in total. The lowest BCUT2D eigenvalue weighted by Gasteiger charge is -2.32. The molecule has 1 N–H and O–H groups in total. The van der Waals surface area contributed by atoms with Crippen LogP contribution in [-0.2, 0) is 4.79 Å². The number of fused-ring (bicyclic) bond motifs is 1. The number of carbonyl (C=O) groups excluding carboxylic acids is 2. The van der Waals surface area contributed by atoms with Crippen LogP contribution in [0.3, 0.4) is 0 Å². The number of piperidine rings is 1. The van der Waals surface area contributed by atoms with Crippen LogP contribution in [0.1, 0.15) is 33.6 Å². The lowest BCUT2D eigenvalue weighted by atomic mass is 9.96. The fourth-order valence-corrected chi connectivity index (χ4v) is 4.91. The second-order valence-corrected chi connectivity index (χ2v) is 8.35. The van der Waals surface area contributed by atoms with Crippen molar-refractivity contribution in [2.75, 3.05) is 18.4 Å². The number of nitrogens with one attached hydrogen (secondary N) is 1. The first kappa shape index (κ1) is 18.6. The molecular formula is C22H23N3O2S. The Morgan fingerprint density at radius 1 is 1.18 bits per heavy atom. The number of aromatic nitrogens is 1. The summed E-state index contributed by atoms with van der Waals surface area (Å²) in [5.41, 5.74) is 1.96. The number of hydrogen-bond acceptors (Lipinski definition) is 4. The van der Waals surface area contributed by atoms with Crippen LogP contribution in [0.4, 0.5) is 5.82 Å². The second kappa shape index (κ2) is 7.72. The molecule has 144 valence electrons. The van der Waals surface area contributed by atoms with Crippen LogP contribution in [0, 0.1) is 19.8 Å². The van der Waals surface area contributed by atoms with Gasteiger partial charge in [0.1, 0.15) is 5.82 Å². The first-order chi connectivity index (χ1) is 13.5. The Balaban J connectivity index is 1.50. The van der Waals surface area contributed by atoms with Crippen molar-refractivity contribution in [3.8, 4) is 0 Å². The van der Waals surface area contributed by atoms with Gasteiger partial charge < -0.3 is 10.2 Å². The number of rotatable bonds is 3. The Morgan fingerprint density at radius 3 is 2.79 bits per heavy atom. The van der Waals surface area contributed by atoms with E-state index < -0.39 is 0 Å². The maximum Gasteiger partial charge on any atom is 0.264 e. The lowest BCUT2D eigenvalue weighted by molar-refractivity contribution is -0.121. The number of pyridine rings is 1. The predicted octanol–water partition coefficient (Wildman–Crippen LogP) is 4.40. The van der Waals surface area contributed by atoms with Crippen LogP contribution < -0.4 is 5.32 Å². The minimum atomic E-state index is -0.214. The normalized spacial score (nSPS) is 16.9. The molecule has 1 aliphatic heterocycles. The van der Waals surface area contributed by atoms with Gasteiger partial charge in [0.05, 0.1) is 10.8 Å². The molecule has 3 aromatic rings. The standard InChI is InChI=1S/C22H23N3O2S/c1-14-7-5-11-23-20(14)24-21(26)16-8-6-12-25(13-16)22(27)19-15(2)17-9-3-4-10-18(17)28-19/h3-5,7,9-11,16H,6,8,12-13H2,1-2H3,(H,23,24,26). The Bertz CT molecular complexity index is 1040. The Hall–Kier alpha value is -2.73. The summed E-state index contributed by atoms with van der Waals surface area (Å²) in [5.74, 6) is 0.350. The van der Waals surface area contributed by atoms with Gasteiger partial charge in [0.2, 0.25) is 5.91 Å². The van der Waals surface area contributed by atoms with E-state index in [1.807, 2.05) is 49.1 Å². The van der Waals surface area contributed by atoms with Crippen LogP contribution in [-0.4, -0.2) is 34.8 Å². The average Bonchev–Trinajstić information content (AvgIpc) is 3.06. The molecule has 1 saturated heterocycles. The zero-order valence-corrected chi connectivity index (χ0v) is 16.9. The number of hydrogen-bond donors (Lipinski definition) is 1. The summed E-state index contributed by atoms with van der Waals surface area (Å²) < 4.78 is 1.13. The van der Waals surface area contributed by atoms with E-state index >= 15 is 0 Å². The maximum atomic E-state index is 13.2. The van der Waals surface area contributed by atoms with Crippen molar-refractivity contribution in [1.82, 2.24) is 9.88 Å². The monoisotopic (exact) mass is 393 g/mol. The first-order valence-corrected chi connectivity index (χ1v) is 10.4. The predicted molar refractivity (Wildman–Crippen MR) is 113 cm³/mol. The summed E-state index contributed by atoms with van der Waals surface area (Å²) >= 11 is 1.54. The molecule has 1 aromatic carbocycles. The third kappa shape index (κ3) is 3.52. The Kier molecular flexibility index (Phi) is 5.13. The molecular weight excluding hydrogens is 370 g/mol. The van der Waals surface area contributed by atoms with Crippen molar-refractivity contribution >= 4 is 39.1 Å². The van der Waals surface area contributed by atoms with E-state index in [-0.39, 0.29) is 17.7 Å². The fourth-order valence-electron chi connectivity index (χ4n) is 3.73. The molecule has 1 fully saturated rings. The molecule has 4 rings (SSSR count). The van der Waals surface area contributed by atoms with Gasteiger partial charge in [-0.2, -0.15) is 0 Å². The largest absolute Gasteiger partial charge is 0.337 e. The highest BCUT2D eigenvalue weighted by Gasteiger charge is 2.30. The number of amides is 2. The van der Waals surface area contributed by atoms with Crippen molar-refractivity contribution in [1.29, 1.82) is 0 Å². The minimum absolute atomic E-state index is 0.0326. The summed E-state index contributed by atoms with van der Waals surface area (Å²) in [7, 11) is 0. The Morgan fingerprint density at radius 2 is 2.00 bits per heavy atom. The smallest absolute Gasteiger partial charge is 0.264 e. The van der Waals surface area contributed by atoms with E-state index in [2.05, 4.69) is 16.4 Å². The molecule has 6 heteroatoms. The second-order valence-electron chi connectivity index (χ2n) is 7.30. The fraction of sp³-hybridized carbons (Fsp3) is 0.318. The molecule has 0 bridgehead atoms. The molecule has 28 heavy (non-hydrogen) atoms. The number of carbonyl (C=O) groups is 2. The SMILES string of the molecule is Cc1cccnc1NC(=O)C1CCCN(C(=O)c2sc3ccccc3c2C)C1. The molecule has 2 aromatic heterocycles. The highest BCUT2D eigenvalue weighted by atomic mass is 32.1. The van der Waals surface area contributed by atoms with E-state index in [0.29, 0.717) is 18.9 Å². The number of anilines is 1. The van der Waals surface area contributed by atoms with Gasteiger partial charge in [0.25, 0.3) is 5.91 Å². The quantitative estimate of drug-likeness (QED) is 0.717. The molecule has 3 heterocycles. The lowest BCUT2D eigenvalue weighted by Crippen LogP contribution is -2.43. The number of nitrogens with zero attached hydrogens (tertiary/aromatic N) is 2. The van der Waals surface area contributed by atoms with Crippen LogP contribution in [0.15, 0.2) is 42.6 Å². The molecule has 0 radical (unpaired) electrons. The highest BCUT2D eigenvalue weighted by molar-refractivity contribution is 7.21. The van der Waals surface area contributed by atoms with Gasteiger partial charge in [-0.1, -0.05) is 24.3 Å². The molecule has 1 atom stereocenters. The minimum Gasteiger partial charge on any atom is -0.337 e. The van der Waals surface area contributed by atoms with E-state index in [1.54, 1.807) is 6.20 Å². The van der Waals surface area contributed by atoms with E-state index in [4.69, 9.17) is 0 Å². The first-order valence-electron chi connectivity index (χ1n) is 9.54. The van der Waals surface area contributed by atoms with Gasteiger partial charge in [-0.05, 0) is 55.3 Å². The molecule has 0 spiro atoms. The van der Waals surface area contributed by atoms with Gasteiger partial charge in [-0.15, -0.1) is 11.3 Å². The summed E-state index contributed by atoms with van der Waals surface area (Å²) in [4.78, 5) is 32.8. The number of likely N-dealkylation sites (tertiary alicyclic amines) is 1. The molecule has 1 unspecified atom stereocenters. The van der Waals surface area contributed by atoms with Crippen molar-refractivity contribution in [3.05, 3.63) is 58.6 Å². The zero-order valence-electron chi connectivity index (χ0n) is 16.1. The summed E-state index contributed by atoms with van der Waals surface area (Å²) in [5, 5.41) is 4.06. The third-order valence-corrected chi connectivity index (χ3v) is 6.63. The van der Waals surface area contributed by atoms with Crippen LogP contribution in [0.25, 0.3) is 10.1 Å².